The van der Waals surface area contributed by atoms with Crippen LogP contribution in [0.25, 0.3) is 0 Å². The lowest BCUT2D eigenvalue weighted by molar-refractivity contribution is 0.178. The summed E-state index contributed by atoms with van der Waals surface area (Å²) in [7, 11) is 0. The van der Waals surface area contributed by atoms with Crippen molar-refractivity contribution in [2.24, 2.45) is 0 Å². The lowest BCUT2D eigenvalue weighted by Gasteiger charge is -2.08. The third-order valence-corrected chi connectivity index (χ3v) is 3.08. The first-order valence-electron chi connectivity index (χ1n) is 4.86. The van der Waals surface area contributed by atoms with E-state index in [-0.39, 0.29) is 0 Å². The molecule has 1 atom stereocenters. The Morgan fingerprint density at radius 2 is 2.12 bits per heavy atom. The number of aromatic nitrogens is 1. The first-order valence-corrected chi connectivity index (χ1v) is 5.74. The second kappa shape index (κ2) is 4.88. The van der Waals surface area contributed by atoms with Crippen molar-refractivity contribution in [1.82, 2.24) is 4.98 Å². The van der Waals surface area contributed by atoms with E-state index in [1.54, 1.807) is 30.5 Å². The van der Waals surface area contributed by atoms with E-state index < -0.39 is 6.10 Å². The van der Waals surface area contributed by atoms with Crippen LogP contribution in [0, 0.1) is 11.3 Å². The van der Waals surface area contributed by atoms with Crippen LogP contribution in [0.15, 0.2) is 35.8 Å². The van der Waals surface area contributed by atoms with E-state index in [2.05, 4.69) is 4.98 Å². The van der Waals surface area contributed by atoms with Gasteiger partial charge in [0.15, 0.2) is 0 Å². The summed E-state index contributed by atoms with van der Waals surface area (Å²) < 4.78 is 0. The minimum absolute atomic E-state index is 0.517. The van der Waals surface area contributed by atoms with E-state index in [0.717, 1.165) is 10.6 Å². The van der Waals surface area contributed by atoms with Crippen molar-refractivity contribution in [2.75, 3.05) is 0 Å². The molecular formula is C12H10N2OS. The zero-order valence-corrected chi connectivity index (χ0v) is 9.31. The molecule has 80 valence electrons. The van der Waals surface area contributed by atoms with E-state index >= 15 is 0 Å². The third kappa shape index (κ3) is 2.45. The highest BCUT2D eigenvalue weighted by Crippen LogP contribution is 2.19. The molecule has 0 aliphatic carbocycles. The van der Waals surface area contributed by atoms with Crippen LogP contribution in [0.5, 0.6) is 0 Å². The van der Waals surface area contributed by atoms with Gasteiger partial charge in [-0.05, 0) is 17.7 Å². The van der Waals surface area contributed by atoms with Gasteiger partial charge in [0.1, 0.15) is 0 Å². The standard InChI is InChI=1S/C12H10N2OS/c13-8-9-1-3-10(4-2-9)11(15)7-12-14-5-6-16-12/h1-6,11,15H,7H2. The smallest absolute Gasteiger partial charge is 0.0991 e. The molecule has 0 saturated carbocycles. The molecule has 1 aromatic heterocycles. The number of hydrogen-bond donors (Lipinski definition) is 1. The minimum atomic E-state index is -0.557. The van der Waals surface area contributed by atoms with Crippen LogP contribution < -0.4 is 0 Å². The van der Waals surface area contributed by atoms with Crippen molar-refractivity contribution >= 4 is 11.3 Å². The van der Waals surface area contributed by atoms with Crippen LogP contribution >= 0.6 is 11.3 Å². The van der Waals surface area contributed by atoms with E-state index in [4.69, 9.17) is 5.26 Å². The molecule has 0 saturated heterocycles. The molecule has 0 radical (unpaired) electrons. The second-order valence-corrected chi connectivity index (χ2v) is 4.36. The molecule has 0 spiro atoms. The van der Waals surface area contributed by atoms with Gasteiger partial charge in [0.2, 0.25) is 0 Å². The quantitative estimate of drug-likeness (QED) is 0.880. The Hall–Kier alpha value is -1.70. The van der Waals surface area contributed by atoms with Gasteiger partial charge in [-0.1, -0.05) is 12.1 Å². The Balaban J connectivity index is 2.09. The third-order valence-electron chi connectivity index (χ3n) is 2.28. The molecule has 2 rings (SSSR count). The van der Waals surface area contributed by atoms with Gasteiger partial charge in [0.25, 0.3) is 0 Å². The summed E-state index contributed by atoms with van der Waals surface area (Å²) in [5.41, 5.74) is 1.42. The average molecular weight is 230 g/mol. The van der Waals surface area contributed by atoms with Gasteiger partial charge in [-0.3, -0.25) is 0 Å². The Morgan fingerprint density at radius 3 is 2.69 bits per heavy atom. The predicted octanol–water partition coefficient (Wildman–Crippen LogP) is 2.29. The van der Waals surface area contributed by atoms with Gasteiger partial charge in [0.05, 0.1) is 22.7 Å². The zero-order chi connectivity index (χ0) is 11.4. The van der Waals surface area contributed by atoms with E-state index in [9.17, 15) is 5.11 Å². The molecule has 1 aromatic carbocycles. The number of hydrogen-bond acceptors (Lipinski definition) is 4. The van der Waals surface area contributed by atoms with Crippen LogP contribution in [-0.4, -0.2) is 10.1 Å². The topological polar surface area (TPSA) is 56.9 Å². The Morgan fingerprint density at radius 1 is 1.38 bits per heavy atom. The lowest BCUT2D eigenvalue weighted by Crippen LogP contribution is -2.01. The van der Waals surface area contributed by atoms with E-state index in [1.807, 2.05) is 11.4 Å². The molecule has 1 N–H and O–H groups in total. The maximum absolute atomic E-state index is 9.94. The first-order chi connectivity index (χ1) is 7.79. The molecule has 1 heterocycles. The average Bonchev–Trinajstić information content (AvgIpc) is 2.82. The minimum Gasteiger partial charge on any atom is -0.388 e. The highest BCUT2D eigenvalue weighted by molar-refractivity contribution is 7.09. The highest BCUT2D eigenvalue weighted by atomic mass is 32.1. The van der Waals surface area contributed by atoms with Crippen molar-refractivity contribution in [3.8, 4) is 6.07 Å². The summed E-state index contributed by atoms with van der Waals surface area (Å²) in [5.74, 6) is 0. The summed E-state index contributed by atoms with van der Waals surface area (Å²) >= 11 is 1.53. The maximum atomic E-state index is 9.94. The van der Waals surface area contributed by atoms with Crippen molar-refractivity contribution in [1.29, 1.82) is 5.26 Å². The fraction of sp³-hybridized carbons (Fsp3) is 0.167. The van der Waals surface area contributed by atoms with Crippen molar-refractivity contribution in [3.05, 3.63) is 52.0 Å². The molecule has 2 aromatic rings. The molecular weight excluding hydrogens is 220 g/mol. The zero-order valence-electron chi connectivity index (χ0n) is 8.50. The molecule has 0 aliphatic rings. The SMILES string of the molecule is N#Cc1ccc(C(O)Cc2nccs2)cc1. The van der Waals surface area contributed by atoms with Gasteiger partial charge < -0.3 is 5.11 Å². The largest absolute Gasteiger partial charge is 0.388 e. The monoisotopic (exact) mass is 230 g/mol. The molecule has 0 amide bonds. The number of aliphatic hydroxyl groups is 1. The molecule has 4 heteroatoms. The number of aliphatic hydroxyl groups excluding tert-OH is 1. The number of nitrogens with zero attached hydrogens (tertiary/aromatic N) is 2. The van der Waals surface area contributed by atoms with Crippen molar-refractivity contribution < 1.29 is 5.11 Å². The Kier molecular flexibility index (Phi) is 3.30. The Labute approximate surface area is 97.6 Å². The fourth-order valence-electron chi connectivity index (χ4n) is 1.42. The number of benzene rings is 1. The van der Waals surface area contributed by atoms with Gasteiger partial charge in [-0.15, -0.1) is 11.3 Å². The van der Waals surface area contributed by atoms with Crippen LogP contribution in [-0.2, 0) is 6.42 Å². The first kappa shape index (κ1) is 10.8. The second-order valence-electron chi connectivity index (χ2n) is 3.38. The Bertz CT molecular complexity index is 485. The van der Waals surface area contributed by atoms with E-state index in [0.29, 0.717) is 12.0 Å². The van der Waals surface area contributed by atoms with Crippen LogP contribution in [0.1, 0.15) is 22.2 Å². The molecule has 0 bridgehead atoms. The van der Waals surface area contributed by atoms with Gasteiger partial charge in [0, 0.05) is 18.0 Å². The molecule has 0 aliphatic heterocycles. The van der Waals surface area contributed by atoms with Gasteiger partial charge >= 0.3 is 0 Å². The number of rotatable bonds is 3. The summed E-state index contributed by atoms with van der Waals surface area (Å²) in [6, 6.07) is 9.01. The molecule has 3 nitrogen and oxygen atoms in total. The van der Waals surface area contributed by atoms with E-state index in [1.165, 1.54) is 11.3 Å². The number of nitriles is 1. The maximum Gasteiger partial charge on any atom is 0.0991 e. The predicted molar refractivity (Wildman–Crippen MR) is 61.9 cm³/mol. The lowest BCUT2D eigenvalue weighted by atomic mass is 10.1. The summed E-state index contributed by atoms with van der Waals surface area (Å²) in [6.07, 6.45) is 1.69. The molecule has 1 unspecified atom stereocenters. The fourth-order valence-corrected chi connectivity index (χ4v) is 2.07. The van der Waals surface area contributed by atoms with Crippen molar-refractivity contribution in [2.45, 2.75) is 12.5 Å². The summed E-state index contributed by atoms with van der Waals surface area (Å²) in [5, 5.41) is 21.4. The molecule has 0 fully saturated rings. The van der Waals surface area contributed by atoms with Gasteiger partial charge in [-0.2, -0.15) is 5.26 Å². The molecule has 16 heavy (non-hydrogen) atoms. The van der Waals surface area contributed by atoms with Crippen LogP contribution in [0.3, 0.4) is 0 Å². The highest BCUT2D eigenvalue weighted by Gasteiger charge is 2.09. The van der Waals surface area contributed by atoms with Crippen LogP contribution in [0.2, 0.25) is 0 Å². The normalized spacial score (nSPS) is 12.0. The van der Waals surface area contributed by atoms with Crippen LogP contribution in [0.4, 0.5) is 0 Å². The number of thiazole rings is 1. The van der Waals surface area contributed by atoms with Gasteiger partial charge in [-0.25, -0.2) is 4.98 Å². The van der Waals surface area contributed by atoms with Crippen molar-refractivity contribution in [3.63, 3.8) is 0 Å². The summed E-state index contributed by atoms with van der Waals surface area (Å²) in [6.45, 7) is 0. The summed E-state index contributed by atoms with van der Waals surface area (Å²) in [4.78, 5) is 4.12.